The van der Waals surface area contributed by atoms with Crippen LogP contribution in [-0.4, -0.2) is 65.1 Å². The number of rotatable bonds is 3. The van der Waals surface area contributed by atoms with Crippen molar-refractivity contribution in [3.63, 3.8) is 0 Å². The second-order valence-electron chi connectivity index (χ2n) is 7.70. The lowest BCUT2D eigenvalue weighted by Gasteiger charge is -2.46. The molecule has 4 saturated heterocycles. The Hall–Kier alpha value is -2.32. The summed E-state index contributed by atoms with van der Waals surface area (Å²) in [5, 5.41) is 4.20. The zero-order valence-corrected chi connectivity index (χ0v) is 15.3. The summed E-state index contributed by atoms with van der Waals surface area (Å²) in [4.78, 5) is 23.4. The fourth-order valence-corrected chi connectivity index (χ4v) is 4.35. The van der Waals surface area contributed by atoms with Crippen molar-refractivity contribution in [2.45, 2.75) is 25.3 Å². The molecule has 1 amide bonds. The number of nitrogens with zero attached hydrogens (tertiary/aromatic N) is 5. The molecule has 2 aromatic rings. The van der Waals surface area contributed by atoms with Gasteiger partial charge in [0.05, 0.1) is 17.6 Å². The number of hydrogen-bond donors (Lipinski definition) is 0. The zero-order chi connectivity index (χ0) is 18.5. The van der Waals surface area contributed by atoms with Crippen LogP contribution in [0, 0.1) is 12.7 Å². The molecule has 5 heterocycles. The van der Waals surface area contributed by atoms with Crippen LogP contribution >= 0.6 is 0 Å². The van der Waals surface area contributed by atoms with Crippen molar-refractivity contribution in [2.75, 3.05) is 44.2 Å². The molecule has 4 fully saturated rings. The minimum Gasteiger partial charge on any atom is -0.339 e. The maximum atomic E-state index is 14.3. The number of carbonyl (C=O) groups excluding carboxylic acids is 1. The van der Waals surface area contributed by atoms with E-state index in [1.807, 2.05) is 13.0 Å². The van der Waals surface area contributed by atoms with Gasteiger partial charge in [0.1, 0.15) is 5.82 Å². The summed E-state index contributed by atoms with van der Waals surface area (Å²) < 4.78 is 19.8. The van der Waals surface area contributed by atoms with Crippen LogP contribution in [0.2, 0.25) is 0 Å². The number of carbonyl (C=O) groups is 1. The topological polar surface area (TPSA) is 65.7 Å². The van der Waals surface area contributed by atoms with Gasteiger partial charge in [-0.1, -0.05) is 11.2 Å². The van der Waals surface area contributed by atoms with E-state index in [1.165, 1.54) is 11.0 Å². The molecule has 8 heteroatoms. The van der Waals surface area contributed by atoms with E-state index >= 15 is 0 Å². The number of benzene rings is 1. The van der Waals surface area contributed by atoms with Crippen molar-refractivity contribution >= 4 is 11.6 Å². The van der Waals surface area contributed by atoms with Crippen molar-refractivity contribution in [1.82, 2.24) is 19.9 Å². The molecular weight excluding hydrogens is 349 g/mol. The Balaban J connectivity index is 1.34. The van der Waals surface area contributed by atoms with E-state index in [0.717, 1.165) is 38.3 Å². The number of aromatic nitrogens is 2. The Morgan fingerprint density at radius 3 is 2.70 bits per heavy atom. The molecule has 4 aliphatic rings. The lowest BCUT2D eigenvalue weighted by atomic mass is 10.1. The Morgan fingerprint density at radius 2 is 2.00 bits per heavy atom. The molecule has 0 spiro atoms. The van der Waals surface area contributed by atoms with E-state index < -0.39 is 0 Å². The van der Waals surface area contributed by atoms with Gasteiger partial charge in [-0.25, -0.2) is 4.39 Å². The highest BCUT2D eigenvalue weighted by atomic mass is 19.1. The molecule has 1 aromatic heterocycles. The molecular formula is C19H22FN5O2. The smallest absolute Gasteiger partial charge is 0.232 e. The number of halogens is 1. The van der Waals surface area contributed by atoms with E-state index in [4.69, 9.17) is 4.52 Å². The lowest BCUT2D eigenvalue weighted by Crippen LogP contribution is -2.57. The average molecular weight is 371 g/mol. The van der Waals surface area contributed by atoms with Gasteiger partial charge in [0.25, 0.3) is 0 Å². The van der Waals surface area contributed by atoms with Gasteiger partial charge in [0.2, 0.25) is 11.8 Å². The highest BCUT2D eigenvalue weighted by Gasteiger charge is 2.39. The third kappa shape index (κ3) is 2.93. The number of anilines is 1. The van der Waals surface area contributed by atoms with Crippen LogP contribution in [0.1, 0.15) is 35.7 Å². The summed E-state index contributed by atoms with van der Waals surface area (Å²) in [5.41, 5.74) is 1.14. The molecule has 1 aromatic carbocycles. The van der Waals surface area contributed by atoms with Gasteiger partial charge in [-0.3, -0.25) is 14.6 Å². The van der Waals surface area contributed by atoms with E-state index in [-0.39, 0.29) is 30.1 Å². The van der Waals surface area contributed by atoms with Crippen molar-refractivity contribution in [3.05, 3.63) is 41.3 Å². The fraction of sp³-hybridized carbons (Fsp3) is 0.526. The number of piperazine rings is 3. The van der Waals surface area contributed by atoms with Gasteiger partial charge in [-0.15, -0.1) is 0 Å². The van der Waals surface area contributed by atoms with Crippen LogP contribution in [0.3, 0.4) is 0 Å². The normalized spacial score (nSPS) is 30.3. The molecule has 27 heavy (non-hydrogen) atoms. The van der Waals surface area contributed by atoms with Crippen molar-refractivity contribution in [2.24, 2.45) is 0 Å². The molecule has 6 rings (SSSR count). The highest BCUT2D eigenvalue weighted by molar-refractivity contribution is 5.96. The summed E-state index contributed by atoms with van der Waals surface area (Å²) in [7, 11) is 0. The fourth-order valence-electron chi connectivity index (χ4n) is 4.35. The third-order valence-electron chi connectivity index (χ3n) is 5.90. The molecule has 142 valence electrons. The number of amides is 1. The number of hydrogen-bond acceptors (Lipinski definition) is 6. The first-order valence-electron chi connectivity index (χ1n) is 9.45. The minimum atomic E-state index is -0.379. The Bertz CT molecular complexity index is 877. The van der Waals surface area contributed by atoms with Crippen molar-refractivity contribution in [1.29, 1.82) is 0 Å². The predicted molar refractivity (Wildman–Crippen MR) is 95.9 cm³/mol. The van der Waals surface area contributed by atoms with Crippen LogP contribution in [-0.2, 0) is 4.79 Å². The number of fused-ring (bicyclic) bond motifs is 3. The largest absolute Gasteiger partial charge is 0.339 e. The molecule has 0 saturated carbocycles. The van der Waals surface area contributed by atoms with Crippen LogP contribution in [0.25, 0.3) is 0 Å². The van der Waals surface area contributed by atoms with E-state index in [0.29, 0.717) is 23.9 Å². The molecule has 0 radical (unpaired) electrons. The molecule has 4 aliphatic heterocycles. The zero-order valence-electron chi connectivity index (χ0n) is 15.3. The Labute approximate surface area is 156 Å². The molecule has 0 N–H and O–H groups in total. The third-order valence-corrected chi connectivity index (χ3v) is 5.90. The van der Waals surface area contributed by atoms with Crippen LogP contribution in [0.15, 0.2) is 22.7 Å². The summed E-state index contributed by atoms with van der Waals surface area (Å²) >= 11 is 0. The molecule has 2 atom stereocenters. The molecule has 0 unspecified atom stereocenters. The summed E-state index contributed by atoms with van der Waals surface area (Å²) in [5.74, 6) is 0.479. The van der Waals surface area contributed by atoms with E-state index in [2.05, 4.69) is 19.9 Å². The molecule has 0 aliphatic carbocycles. The van der Waals surface area contributed by atoms with Gasteiger partial charge in [-0.05, 0) is 24.6 Å². The maximum Gasteiger partial charge on any atom is 0.232 e. The predicted octanol–water partition coefficient (Wildman–Crippen LogP) is 1.71. The highest BCUT2D eigenvalue weighted by Crippen LogP contribution is 2.34. The monoisotopic (exact) mass is 371 g/mol. The minimum absolute atomic E-state index is 0.117. The summed E-state index contributed by atoms with van der Waals surface area (Å²) in [6, 6.07) is 5.08. The van der Waals surface area contributed by atoms with Crippen molar-refractivity contribution in [3.8, 4) is 0 Å². The van der Waals surface area contributed by atoms with Gasteiger partial charge in [0.15, 0.2) is 5.82 Å². The Morgan fingerprint density at radius 1 is 1.19 bits per heavy atom. The first-order valence-corrected chi connectivity index (χ1v) is 9.45. The summed E-state index contributed by atoms with van der Waals surface area (Å²) in [6.07, 6.45) is 0.259. The van der Waals surface area contributed by atoms with E-state index in [1.54, 1.807) is 6.07 Å². The van der Waals surface area contributed by atoms with Crippen LogP contribution < -0.4 is 4.90 Å². The first kappa shape index (κ1) is 16.8. The van der Waals surface area contributed by atoms with Gasteiger partial charge >= 0.3 is 0 Å². The van der Waals surface area contributed by atoms with Gasteiger partial charge < -0.3 is 9.42 Å². The first-order chi connectivity index (χ1) is 13.1. The SMILES string of the molecule is Cc1ccc(N2C[C@@H](c3nc([C@@H]4CN5CCN4CC5)no3)CC2=O)c(F)c1. The maximum absolute atomic E-state index is 14.3. The van der Waals surface area contributed by atoms with Crippen LogP contribution in [0.4, 0.5) is 10.1 Å². The molecule has 2 bridgehead atoms. The van der Waals surface area contributed by atoms with Crippen LogP contribution in [0.5, 0.6) is 0 Å². The molecule has 7 nitrogen and oxygen atoms in total. The van der Waals surface area contributed by atoms with E-state index in [9.17, 15) is 9.18 Å². The lowest BCUT2D eigenvalue weighted by molar-refractivity contribution is -0.117. The number of aryl methyl sites for hydroxylation is 1. The standard InChI is InChI=1S/C19H22FN5O2/c1-12-2-3-15(14(20)8-12)25-10-13(9-17(25)26)19-21-18(22-27-19)16-11-23-4-6-24(16)7-5-23/h2-3,8,13,16H,4-7,9-11H2,1H3/t13-,16-/m0/s1. The average Bonchev–Trinajstić information content (AvgIpc) is 3.30. The second kappa shape index (κ2) is 6.38. The van der Waals surface area contributed by atoms with Gasteiger partial charge in [-0.2, -0.15) is 4.98 Å². The second-order valence-corrected chi connectivity index (χ2v) is 7.70. The Kier molecular flexibility index (Phi) is 3.98. The quantitative estimate of drug-likeness (QED) is 0.818. The summed E-state index contributed by atoms with van der Waals surface area (Å²) in [6.45, 7) is 7.34. The van der Waals surface area contributed by atoms with Crippen molar-refractivity contribution < 1.29 is 13.7 Å². The van der Waals surface area contributed by atoms with Gasteiger partial charge in [0, 0.05) is 45.7 Å².